The molecule has 0 spiro atoms. The van der Waals surface area contributed by atoms with Gasteiger partial charge in [-0.2, -0.15) is 0 Å². The minimum atomic E-state index is -0.947. The van der Waals surface area contributed by atoms with Crippen LogP contribution < -0.4 is 5.32 Å². The summed E-state index contributed by atoms with van der Waals surface area (Å²) in [5, 5.41) is 12.2. The number of hydrogen-bond acceptors (Lipinski definition) is 4. The molecule has 1 unspecified atom stereocenters. The molecule has 1 fully saturated rings. The monoisotopic (exact) mass is 456 g/mol. The number of morpholine rings is 1. The Hall–Kier alpha value is -2.44. The van der Waals surface area contributed by atoms with Crippen molar-refractivity contribution in [2.24, 2.45) is 5.41 Å². The number of aliphatic hydroxyl groups excluding tert-OH is 1. The van der Waals surface area contributed by atoms with Gasteiger partial charge < -0.3 is 20.1 Å². The molecule has 2 N–H and O–H groups in total. The van der Waals surface area contributed by atoms with Crippen LogP contribution in [0.25, 0.3) is 0 Å². The van der Waals surface area contributed by atoms with Gasteiger partial charge in [-0.25, -0.2) is 0 Å². The van der Waals surface area contributed by atoms with Gasteiger partial charge in [0, 0.05) is 19.2 Å². The van der Waals surface area contributed by atoms with Crippen LogP contribution in [0.15, 0.2) is 58.7 Å². The summed E-state index contributed by atoms with van der Waals surface area (Å²) in [5.74, 6) is -0.687. The van der Waals surface area contributed by atoms with Crippen molar-refractivity contribution in [3.8, 4) is 0 Å². The quantitative estimate of drug-likeness (QED) is 0.430. The summed E-state index contributed by atoms with van der Waals surface area (Å²) in [7, 11) is 0. The number of hydrogen-bond donors (Lipinski definition) is 2. The molecule has 33 heavy (non-hydrogen) atoms. The van der Waals surface area contributed by atoms with Gasteiger partial charge in [0.2, 0.25) is 11.8 Å². The molecule has 0 radical (unpaired) electrons. The predicted octanol–water partition coefficient (Wildman–Crippen LogP) is 3.85. The Kier molecular flexibility index (Phi) is 10.3. The van der Waals surface area contributed by atoms with Crippen molar-refractivity contribution in [3.05, 3.63) is 58.7 Å². The molecule has 0 saturated carbocycles. The van der Waals surface area contributed by atoms with Gasteiger partial charge in [-0.05, 0) is 56.6 Å². The first-order chi connectivity index (χ1) is 15.6. The summed E-state index contributed by atoms with van der Waals surface area (Å²) >= 11 is 0. The number of ether oxygens (including phenoxy) is 1. The normalized spacial score (nSPS) is 21.1. The molecule has 2 aliphatic rings. The van der Waals surface area contributed by atoms with Gasteiger partial charge >= 0.3 is 0 Å². The highest BCUT2D eigenvalue weighted by atomic mass is 16.5. The number of rotatable bonds is 8. The van der Waals surface area contributed by atoms with E-state index in [1.54, 1.807) is 4.90 Å². The van der Waals surface area contributed by atoms with Crippen LogP contribution in [0.5, 0.6) is 0 Å². The van der Waals surface area contributed by atoms with Crippen LogP contribution in [0.4, 0.5) is 0 Å². The minimum absolute atomic E-state index is 0.219. The number of carbonyl (C=O) groups is 2. The van der Waals surface area contributed by atoms with E-state index in [9.17, 15) is 14.7 Å². The van der Waals surface area contributed by atoms with E-state index >= 15 is 0 Å². The molecule has 2 amide bonds. The van der Waals surface area contributed by atoms with Crippen molar-refractivity contribution in [1.29, 1.82) is 0 Å². The minimum Gasteiger partial charge on any atom is -0.394 e. The predicted molar refractivity (Wildman–Crippen MR) is 133 cm³/mol. The zero-order chi connectivity index (χ0) is 24.4. The lowest BCUT2D eigenvalue weighted by Crippen LogP contribution is -2.53. The Labute approximate surface area is 198 Å². The molecule has 0 bridgehead atoms. The molecule has 1 heterocycles. The number of aliphatic hydroxyl groups is 1. The molecule has 6 heteroatoms. The molecule has 0 aromatic carbocycles. The topological polar surface area (TPSA) is 78.9 Å². The third-order valence-corrected chi connectivity index (χ3v) is 6.25. The maximum atomic E-state index is 12.5. The zero-order valence-electron chi connectivity index (χ0n) is 20.8. The number of nitrogens with one attached hydrogen (secondary N) is 1. The highest BCUT2D eigenvalue weighted by molar-refractivity contribution is 5.93. The average molecular weight is 457 g/mol. The summed E-state index contributed by atoms with van der Waals surface area (Å²) in [5.41, 5.74) is 5.01. The van der Waals surface area contributed by atoms with E-state index in [0.29, 0.717) is 26.3 Å². The van der Waals surface area contributed by atoms with Gasteiger partial charge in [0.25, 0.3) is 0 Å². The summed E-state index contributed by atoms with van der Waals surface area (Å²) in [6.07, 6.45) is 15.2. The van der Waals surface area contributed by atoms with E-state index < -0.39 is 18.6 Å². The second kappa shape index (κ2) is 12.7. The van der Waals surface area contributed by atoms with Crippen LogP contribution in [0.1, 0.15) is 53.9 Å². The van der Waals surface area contributed by atoms with Crippen molar-refractivity contribution in [2.75, 3.05) is 32.9 Å². The standard InChI is InChI=1S/C27H40N2O4/c1-20(11-12-23-22(3)10-7-13-27(23,4)5)8-6-9-21(2)18-25(31)28-24(19-30)26(32)29-14-16-33-17-15-29/h6,8-9,11-12,18,24,30H,7,10,13-17,19H2,1-5H3,(H,28,31). The second-order valence-electron chi connectivity index (χ2n) is 9.60. The van der Waals surface area contributed by atoms with Crippen molar-refractivity contribution in [3.63, 3.8) is 0 Å². The van der Waals surface area contributed by atoms with Crippen molar-refractivity contribution in [2.45, 2.75) is 59.9 Å². The molecule has 2 rings (SSSR count). The van der Waals surface area contributed by atoms with Gasteiger partial charge in [0.05, 0.1) is 19.8 Å². The van der Waals surface area contributed by atoms with Crippen molar-refractivity contribution in [1.82, 2.24) is 10.2 Å². The van der Waals surface area contributed by atoms with Crippen LogP contribution in [-0.2, 0) is 14.3 Å². The zero-order valence-corrected chi connectivity index (χ0v) is 20.8. The molecular weight excluding hydrogens is 416 g/mol. The highest BCUT2D eigenvalue weighted by Gasteiger charge is 2.27. The van der Waals surface area contributed by atoms with E-state index in [1.807, 2.05) is 25.2 Å². The van der Waals surface area contributed by atoms with Gasteiger partial charge in [-0.15, -0.1) is 0 Å². The summed E-state index contributed by atoms with van der Waals surface area (Å²) in [6, 6.07) is -0.947. The third kappa shape index (κ3) is 8.45. The highest BCUT2D eigenvalue weighted by Crippen LogP contribution is 2.40. The van der Waals surface area contributed by atoms with E-state index in [2.05, 4.69) is 45.2 Å². The van der Waals surface area contributed by atoms with Gasteiger partial charge in [0.1, 0.15) is 6.04 Å². The summed E-state index contributed by atoms with van der Waals surface area (Å²) in [4.78, 5) is 26.4. The fourth-order valence-corrected chi connectivity index (χ4v) is 4.29. The molecule has 182 valence electrons. The number of nitrogens with zero attached hydrogens (tertiary/aromatic N) is 1. The number of carbonyl (C=O) groups excluding carboxylic acids is 2. The van der Waals surface area contributed by atoms with Crippen LogP contribution in [-0.4, -0.2) is 60.8 Å². The van der Waals surface area contributed by atoms with E-state index in [4.69, 9.17) is 4.74 Å². The smallest absolute Gasteiger partial charge is 0.247 e. The Bertz CT molecular complexity index is 855. The van der Waals surface area contributed by atoms with Gasteiger partial charge in [-0.1, -0.05) is 55.4 Å². The van der Waals surface area contributed by atoms with Crippen molar-refractivity contribution < 1.29 is 19.4 Å². The number of allylic oxidation sites excluding steroid dienone is 9. The molecule has 0 aromatic rings. The lowest BCUT2D eigenvalue weighted by molar-refractivity contribution is -0.140. The maximum Gasteiger partial charge on any atom is 0.247 e. The lowest BCUT2D eigenvalue weighted by atomic mass is 9.72. The second-order valence-corrected chi connectivity index (χ2v) is 9.60. The maximum absolute atomic E-state index is 12.5. The van der Waals surface area contributed by atoms with Crippen LogP contribution >= 0.6 is 0 Å². The Balaban J connectivity index is 1.93. The average Bonchev–Trinajstić information content (AvgIpc) is 2.76. The van der Waals surface area contributed by atoms with E-state index in [-0.39, 0.29) is 11.3 Å². The van der Waals surface area contributed by atoms with E-state index in [0.717, 1.165) is 11.1 Å². The number of amides is 2. The fraction of sp³-hybridized carbons (Fsp3) is 0.556. The molecular formula is C27H40N2O4. The molecule has 1 aliphatic carbocycles. The fourth-order valence-electron chi connectivity index (χ4n) is 4.29. The molecule has 6 nitrogen and oxygen atoms in total. The van der Waals surface area contributed by atoms with Gasteiger partial charge in [-0.3, -0.25) is 9.59 Å². The van der Waals surface area contributed by atoms with Crippen LogP contribution in [0.2, 0.25) is 0 Å². The molecule has 1 aliphatic heterocycles. The first-order valence-corrected chi connectivity index (χ1v) is 11.8. The third-order valence-electron chi connectivity index (χ3n) is 6.25. The first-order valence-electron chi connectivity index (χ1n) is 11.8. The van der Waals surface area contributed by atoms with E-state index in [1.165, 1.54) is 36.5 Å². The Morgan fingerprint density at radius 2 is 1.88 bits per heavy atom. The molecule has 1 saturated heterocycles. The molecule has 1 atom stereocenters. The van der Waals surface area contributed by atoms with Crippen molar-refractivity contribution >= 4 is 11.8 Å². The molecule has 0 aromatic heterocycles. The Morgan fingerprint density at radius 3 is 2.52 bits per heavy atom. The first kappa shape index (κ1) is 26.8. The summed E-state index contributed by atoms with van der Waals surface area (Å²) < 4.78 is 5.24. The van der Waals surface area contributed by atoms with Gasteiger partial charge in [0.15, 0.2) is 0 Å². The van der Waals surface area contributed by atoms with Crippen LogP contribution in [0.3, 0.4) is 0 Å². The largest absolute Gasteiger partial charge is 0.394 e. The Morgan fingerprint density at radius 1 is 1.18 bits per heavy atom. The van der Waals surface area contributed by atoms with Crippen LogP contribution in [0, 0.1) is 5.41 Å². The summed E-state index contributed by atoms with van der Waals surface area (Å²) in [6.45, 7) is 12.2. The lowest BCUT2D eigenvalue weighted by Gasteiger charge is -2.32. The SMILES string of the molecule is CC(C=CC1=C(C)CCCC1(C)C)=CC=CC(C)=CC(=O)NC(CO)C(=O)N1CCOCC1.